The summed E-state index contributed by atoms with van der Waals surface area (Å²) in [6, 6.07) is 13.4. The van der Waals surface area contributed by atoms with Crippen LogP contribution in [0.1, 0.15) is 83.6 Å². The predicted octanol–water partition coefficient (Wildman–Crippen LogP) is 5.58. The largest absolute Gasteiger partial charge is 0.496 e. The molecule has 3 saturated carbocycles. The quantitative estimate of drug-likeness (QED) is 0.230. The zero-order chi connectivity index (χ0) is 42.4. The minimum absolute atomic E-state index is 0.00244. The Balaban J connectivity index is 1.19. The number of fused-ring (bicyclic) bond motifs is 3. The molecule has 2 aromatic carbocycles. The summed E-state index contributed by atoms with van der Waals surface area (Å²) in [5, 5.41) is 5.87. The van der Waals surface area contributed by atoms with Crippen molar-refractivity contribution in [2.45, 2.75) is 113 Å². The Morgan fingerprint density at radius 1 is 1.05 bits per heavy atom. The highest BCUT2D eigenvalue weighted by molar-refractivity contribution is 7.91. The van der Waals surface area contributed by atoms with E-state index in [2.05, 4.69) is 21.9 Å². The summed E-state index contributed by atoms with van der Waals surface area (Å²) in [6.45, 7) is 8.03. The van der Waals surface area contributed by atoms with Crippen LogP contribution >= 0.6 is 0 Å². The van der Waals surface area contributed by atoms with Gasteiger partial charge in [0, 0.05) is 35.4 Å². The number of rotatable bonds is 9. The lowest BCUT2D eigenvalue weighted by molar-refractivity contribution is -0.142. The second-order valence-electron chi connectivity index (χ2n) is 18.0. The molecule has 0 unspecified atom stereocenters. The highest BCUT2D eigenvalue weighted by atomic mass is 32.2. The van der Waals surface area contributed by atoms with Gasteiger partial charge < -0.3 is 29.7 Å². The number of nitrogens with zero attached hydrogens (tertiary/aromatic N) is 2. The summed E-state index contributed by atoms with van der Waals surface area (Å²) in [6.07, 6.45) is 6.66. The van der Waals surface area contributed by atoms with E-state index in [1.807, 2.05) is 62.4 Å². The van der Waals surface area contributed by atoms with Crippen LogP contribution in [0.2, 0.25) is 0 Å². The van der Waals surface area contributed by atoms with Gasteiger partial charge in [-0.2, -0.15) is 0 Å². The monoisotopic (exact) mass is 841 g/mol. The van der Waals surface area contributed by atoms with Gasteiger partial charge in [0.1, 0.15) is 35.2 Å². The number of ether oxygens (including phenoxy) is 3. The lowest BCUT2D eigenvalue weighted by Crippen LogP contribution is -2.59. The van der Waals surface area contributed by atoms with E-state index in [1.54, 1.807) is 7.11 Å². The first-order valence-corrected chi connectivity index (χ1v) is 22.7. The van der Waals surface area contributed by atoms with Gasteiger partial charge in [-0.25, -0.2) is 18.2 Å². The van der Waals surface area contributed by atoms with E-state index in [0.717, 1.165) is 42.2 Å². The standard InChI is InChI=1S/C45H55N5O9S/c1-5-30-24-45(30,42(53)49-60(55,56)32-17-18-32)48-40(51)36-21-31-25-50(36)41(52)39(28-14-9-10-15-28)47-43(54)58-26-44(2,3)19-11-16-29-20-33-35(23-37(29)57-4)46-34(22-38(33)59-31)27-12-7-6-8-13-27/h5-8,12-13,20,22-23,28,30-32,36,39H,1,9-11,14-19,21,24-26H2,2-4H3,(H,47,54)(H,48,51)(H,49,53)/t30-,31-,36+,39+,45-/m1/s1. The summed E-state index contributed by atoms with van der Waals surface area (Å²) >= 11 is 0. The molecule has 14 nitrogen and oxygen atoms in total. The molecule has 2 aliphatic heterocycles. The van der Waals surface area contributed by atoms with E-state index >= 15 is 0 Å². The van der Waals surface area contributed by atoms with Gasteiger partial charge in [-0.1, -0.05) is 63.1 Å². The van der Waals surface area contributed by atoms with Crippen LogP contribution in [0, 0.1) is 17.3 Å². The average molecular weight is 842 g/mol. The first kappa shape index (κ1) is 41.5. The van der Waals surface area contributed by atoms with E-state index < -0.39 is 68.7 Å². The van der Waals surface area contributed by atoms with Crippen LogP contribution in [0.25, 0.3) is 22.2 Å². The first-order valence-electron chi connectivity index (χ1n) is 21.2. The van der Waals surface area contributed by atoms with E-state index in [9.17, 15) is 27.6 Å². The second kappa shape index (κ2) is 16.4. The Bertz CT molecular complexity index is 2290. The van der Waals surface area contributed by atoms with Crippen LogP contribution in [0.5, 0.6) is 11.5 Å². The van der Waals surface area contributed by atoms with Crippen molar-refractivity contribution in [2.75, 3.05) is 20.3 Å². The number of alkyl carbamates (subject to hydrolysis) is 1. The summed E-state index contributed by atoms with van der Waals surface area (Å²) in [4.78, 5) is 63.3. The molecule has 3 heterocycles. The lowest BCUT2D eigenvalue weighted by Gasteiger charge is -2.32. The third-order valence-electron chi connectivity index (χ3n) is 12.9. The molecule has 15 heteroatoms. The van der Waals surface area contributed by atoms with Gasteiger partial charge >= 0.3 is 6.09 Å². The fourth-order valence-electron chi connectivity index (χ4n) is 9.19. The minimum atomic E-state index is -3.91. The molecule has 3 aliphatic carbocycles. The number of nitrogens with one attached hydrogen (secondary N) is 3. The SMILES string of the molecule is C=C[C@@H]1C[C@]1(NC(=O)[C@@H]1C[C@@H]2CN1C(=O)[C@H](C1CCCC1)NC(=O)OCC(C)(C)CCCc1cc3c(cc(-c4ccccc4)nc3cc1OC)O2)C(=O)NS(=O)(=O)C1CC1. The van der Waals surface area contributed by atoms with Crippen molar-refractivity contribution in [1.29, 1.82) is 0 Å². The van der Waals surface area contributed by atoms with Crippen molar-refractivity contribution in [2.24, 2.45) is 17.3 Å². The third-order valence-corrected chi connectivity index (χ3v) is 14.8. The molecule has 8 rings (SSSR count). The maximum absolute atomic E-state index is 14.9. The molecule has 60 heavy (non-hydrogen) atoms. The zero-order valence-corrected chi connectivity index (χ0v) is 35.4. The number of amides is 4. The molecule has 320 valence electrons. The molecule has 3 N–H and O–H groups in total. The fourth-order valence-corrected chi connectivity index (χ4v) is 10.6. The number of carbonyl (C=O) groups excluding carboxylic acids is 4. The number of methoxy groups -OCH3 is 1. The molecule has 3 aromatic rings. The number of benzene rings is 2. The molecule has 0 spiro atoms. The summed E-state index contributed by atoms with van der Waals surface area (Å²) in [5.74, 6) is -1.41. The smallest absolute Gasteiger partial charge is 0.407 e. The molecule has 5 atom stereocenters. The molecule has 4 fully saturated rings. The second-order valence-corrected chi connectivity index (χ2v) is 19.9. The molecule has 0 radical (unpaired) electrons. The summed E-state index contributed by atoms with van der Waals surface area (Å²) in [7, 11) is -2.28. The van der Waals surface area contributed by atoms with Crippen molar-refractivity contribution in [3.8, 4) is 22.8 Å². The maximum Gasteiger partial charge on any atom is 0.407 e. The Hall–Kier alpha value is -5.18. The number of aromatic nitrogens is 1. The van der Waals surface area contributed by atoms with Crippen LogP contribution < -0.4 is 24.8 Å². The molecular formula is C45H55N5O9S. The van der Waals surface area contributed by atoms with E-state index in [4.69, 9.17) is 19.2 Å². The van der Waals surface area contributed by atoms with Crippen molar-refractivity contribution in [1.82, 2.24) is 25.2 Å². The van der Waals surface area contributed by atoms with Crippen LogP contribution in [0.3, 0.4) is 0 Å². The highest BCUT2D eigenvalue weighted by Gasteiger charge is 2.62. The van der Waals surface area contributed by atoms with Crippen molar-refractivity contribution in [3.05, 3.63) is 66.7 Å². The number of carbonyl (C=O) groups is 4. The van der Waals surface area contributed by atoms with Crippen molar-refractivity contribution in [3.63, 3.8) is 0 Å². The zero-order valence-electron chi connectivity index (χ0n) is 34.5. The Labute approximate surface area is 351 Å². The Morgan fingerprint density at radius 2 is 1.80 bits per heavy atom. The van der Waals surface area contributed by atoms with Gasteiger partial charge in [-0.05, 0) is 74.3 Å². The number of hydrogen-bond donors (Lipinski definition) is 3. The fraction of sp³-hybridized carbons (Fsp3) is 0.533. The number of pyridine rings is 1. The van der Waals surface area contributed by atoms with Gasteiger partial charge in [0.25, 0.3) is 5.91 Å². The lowest BCUT2D eigenvalue weighted by atomic mass is 9.87. The molecule has 1 saturated heterocycles. The van der Waals surface area contributed by atoms with Crippen LogP contribution in [-0.4, -0.2) is 91.4 Å². The Kier molecular flexibility index (Phi) is 11.3. The number of hydrogen-bond acceptors (Lipinski definition) is 10. The molecule has 4 bridgehead atoms. The maximum atomic E-state index is 14.9. The highest BCUT2D eigenvalue weighted by Crippen LogP contribution is 2.46. The Morgan fingerprint density at radius 3 is 2.48 bits per heavy atom. The average Bonchev–Trinajstić information content (AvgIpc) is 4.10. The van der Waals surface area contributed by atoms with E-state index in [-0.39, 0.29) is 37.3 Å². The number of aryl methyl sites for hydroxylation is 1. The van der Waals surface area contributed by atoms with Gasteiger partial charge in [-0.3, -0.25) is 19.1 Å². The van der Waals surface area contributed by atoms with Gasteiger partial charge in [0.15, 0.2) is 0 Å². The van der Waals surface area contributed by atoms with Gasteiger partial charge in [-0.15, -0.1) is 6.58 Å². The number of sulfonamides is 1. The van der Waals surface area contributed by atoms with E-state index in [1.165, 1.54) is 11.0 Å². The molecule has 5 aliphatic rings. The van der Waals surface area contributed by atoms with Crippen molar-refractivity contribution < 1.29 is 41.8 Å². The summed E-state index contributed by atoms with van der Waals surface area (Å²) in [5.41, 5.74) is 1.21. The minimum Gasteiger partial charge on any atom is -0.496 e. The van der Waals surface area contributed by atoms with Crippen molar-refractivity contribution >= 4 is 44.7 Å². The molecule has 1 aromatic heterocycles. The van der Waals surface area contributed by atoms with Crippen LogP contribution in [0.4, 0.5) is 4.79 Å². The molecule has 4 amide bonds. The normalized spacial score (nSPS) is 27.2. The summed E-state index contributed by atoms with van der Waals surface area (Å²) < 4.78 is 46.5. The van der Waals surface area contributed by atoms with Crippen LogP contribution in [0.15, 0.2) is 61.2 Å². The first-order chi connectivity index (χ1) is 28.7. The van der Waals surface area contributed by atoms with Gasteiger partial charge in [0.2, 0.25) is 21.8 Å². The molecular weight excluding hydrogens is 787 g/mol. The predicted molar refractivity (Wildman–Crippen MR) is 224 cm³/mol. The van der Waals surface area contributed by atoms with E-state index in [0.29, 0.717) is 54.8 Å². The third kappa shape index (κ3) is 8.55. The topological polar surface area (TPSA) is 182 Å². The van der Waals surface area contributed by atoms with Crippen LogP contribution in [-0.2, 0) is 35.6 Å². The number of cyclic esters (lactones) is 1. The van der Waals surface area contributed by atoms with Gasteiger partial charge in [0.05, 0.1) is 36.7 Å².